The molecule has 1 saturated heterocycles. The van der Waals surface area contributed by atoms with Crippen LogP contribution in [0, 0.1) is 11.8 Å². The zero-order chi connectivity index (χ0) is 12.1. The smallest absolute Gasteiger partial charge is 0.307 e. The maximum Gasteiger partial charge on any atom is 0.307 e. The predicted molar refractivity (Wildman–Crippen MR) is 62.3 cm³/mol. The zero-order valence-electron chi connectivity index (χ0n) is 10.2. The maximum absolute atomic E-state index is 10.9. The van der Waals surface area contributed by atoms with Crippen molar-refractivity contribution in [3.05, 3.63) is 0 Å². The number of likely N-dealkylation sites (tertiary alicyclic amines) is 1. The molecule has 1 aliphatic heterocycles. The van der Waals surface area contributed by atoms with Crippen LogP contribution in [-0.2, 0) is 4.79 Å². The Morgan fingerprint density at radius 1 is 1.50 bits per heavy atom. The quantitative estimate of drug-likeness (QED) is 0.743. The molecule has 0 spiro atoms. The van der Waals surface area contributed by atoms with E-state index >= 15 is 0 Å². The van der Waals surface area contributed by atoms with E-state index in [0.29, 0.717) is 5.92 Å². The van der Waals surface area contributed by atoms with Crippen molar-refractivity contribution in [3.63, 3.8) is 0 Å². The summed E-state index contributed by atoms with van der Waals surface area (Å²) in [6.07, 6.45) is 3.11. The summed E-state index contributed by atoms with van der Waals surface area (Å²) in [5.74, 6) is -0.521. The summed E-state index contributed by atoms with van der Waals surface area (Å²) in [6, 6.07) is 0.0824. The molecule has 0 aromatic carbocycles. The van der Waals surface area contributed by atoms with Crippen LogP contribution >= 0.6 is 0 Å². The molecule has 0 aliphatic carbocycles. The van der Waals surface area contributed by atoms with Gasteiger partial charge in [0.05, 0.1) is 5.92 Å². The molecular formula is C12H23NO3. The lowest BCUT2D eigenvalue weighted by Gasteiger charge is -2.38. The summed E-state index contributed by atoms with van der Waals surface area (Å²) in [5.41, 5.74) is 0. The number of nitrogens with zero attached hydrogens (tertiary/aromatic N) is 1. The molecule has 1 heterocycles. The Hall–Kier alpha value is -0.610. The molecule has 16 heavy (non-hydrogen) atoms. The largest absolute Gasteiger partial charge is 0.481 e. The Morgan fingerprint density at radius 3 is 2.75 bits per heavy atom. The molecule has 0 bridgehead atoms. The Labute approximate surface area is 97.3 Å². The number of rotatable bonds is 5. The van der Waals surface area contributed by atoms with E-state index < -0.39 is 5.97 Å². The number of aliphatic hydroxyl groups is 1. The molecule has 0 aromatic rings. The third kappa shape index (κ3) is 3.46. The Bertz CT molecular complexity index is 230. The molecule has 3 atom stereocenters. The molecule has 2 N–H and O–H groups in total. The highest BCUT2D eigenvalue weighted by atomic mass is 16.4. The maximum atomic E-state index is 10.9. The minimum atomic E-state index is -0.725. The van der Waals surface area contributed by atoms with Crippen molar-refractivity contribution < 1.29 is 15.0 Å². The predicted octanol–water partition coefficient (Wildman–Crippen LogP) is 1.19. The summed E-state index contributed by atoms with van der Waals surface area (Å²) in [7, 11) is 0. The Kier molecular flexibility index (Phi) is 5.22. The number of aliphatic hydroxyl groups excluding tert-OH is 1. The molecule has 1 aliphatic rings. The van der Waals surface area contributed by atoms with Gasteiger partial charge in [0.1, 0.15) is 0 Å². The molecule has 4 nitrogen and oxygen atoms in total. The molecule has 1 rings (SSSR count). The number of carboxylic acid groups (broad SMARTS) is 1. The zero-order valence-corrected chi connectivity index (χ0v) is 10.2. The Morgan fingerprint density at radius 2 is 2.19 bits per heavy atom. The van der Waals surface area contributed by atoms with Gasteiger partial charge in [-0.05, 0) is 38.6 Å². The SMILES string of the molecule is CC(C(=O)O)C(C)N1CCCC(CCO)C1. The second kappa shape index (κ2) is 6.21. The first-order chi connectivity index (χ1) is 7.56. The monoisotopic (exact) mass is 229 g/mol. The first kappa shape index (κ1) is 13.5. The number of hydrogen-bond acceptors (Lipinski definition) is 3. The average molecular weight is 229 g/mol. The second-order valence-corrected chi connectivity index (χ2v) is 4.88. The lowest BCUT2D eigenvalue weighted by atomic mass is 9.92. The molecular weight excluding hydrogens is 206 g/mol. The van der Waals surface area contributed by atoms with Crippen molar-refractivity contribution in [3.8, 4) is 0 Å². The molecule has 0 aromatic heterocycles. The summed E-state index contributed by atoms with van der Waals surface area (Å²) in [6.45, 7) is 5.91. The van der Waals surface area contributed by atoms with Gasteiger partial charge in [-0.3, -0.25) is 9.69 Å². The van der Waals surface area contributed by atoms with Crippen molar-refractivity contribution in [2.45, 2.75) is 39.2 Å². The number of carboxylic acids is 1. The van der Waals surface area contributed by atoms with Crippen LogP contribution in [-0.4, -0.2) is 46.8 Å². The van der Waals surface area contributed by atoms with Gasteiger partial charge in [0.15, 0.2) is 0 Å². The van der Waals surface area contributed by atoms with Crippen LogP contribution in [0.5, 0.6) is 0 Å². The highest BCUT2D eigenvalue weighted by Gasteiger charge is 2.29. The first-order valence-electron chi connectivity index (χ1n) is 6.14. The first-order valence-corrected chi connectivity index (χ1v) is 6.14. The summed E-state index contributed by atoms with van der Waals surface area (Å²) in [5, 5.41) is 17.9. The summed E-state index contributed by atoms with van der Waals surface area (Å²) < 4.78 is 0. The van der Waals surface area contributed by atoms with E-state index in [4.69, 9.17) is 10.2 Å². The minimum Gasteiger partial charge on any atom is -0.481 e. The summed E-state index contributed by atoms with van der Waals surface area (Å²) in [4.78, 5) is 13.2. The fraction of sp³-hybridized carbons (Fsp3) is 0.917. The number of hydrogen-bond donors (Lipinski definition) is 2. The normalized spacial score (nSPS) is 26.3. The second-order valence-electron chi connectivity index (χ2n) is 4.88. The van der Waals surface area contributed by atoms with E-state index in [0.717, 1.165) is 32.4 Å². The molecule has 1 fully saturated rings. The van der Waals surface area contributed by atoms with E-state index in [9.17, 15) is 4.79 Å². The van der Waals surface area contributed by atoms with Crippen LogP contribution < -0.4 is 0 Å². The highest BCUT2D eigenvalue weighted by molar-refractivity contribution is 5.70. The standard InChI is InChI=1S/C12H23NO3/c1-9(12(15)16)10(2)13-6-3-4-11(8-13)5-7-14/h9-11,14H,3-8H2,1-2H3,(H,15,16). The topological polar surface area (TPSA) is 60.8 Å². The third-order valence-corrected chi connectivity index (χ3v) is 3.78. The van der Waals surface area contributed by atoms with E-state index in [1.54, 1.807) is 6.92 Å². The van der Waals surface area contributed by atoms with Crippen LogP contribution in [0.15, 0.2) is 0 Å². The lowest BCUT2D eigenvalue weighted by Crippen LogP contribution is -2.46. The van der Waals surface area contributed by atoms with Crippen molar-refractivity contribution in [1.82, 2.24) is 4.90 Å². The van der Waals surface area contributed by atoms with Gasteiger partial charge in [0.25, 0.3) is 0 Å². The van der Waals surface area contributed by atoms with Crippen LogP contribution in [0.2, 0.25) is 0 Å². The van der Waals surface area contributed by atoms with Crippen LogP contribution in [0.4, 0.5) is 0 Å². The van der Waals surface area contributed by atoms with Gasteiger partial charge in [-0.2, -0.15) is 0 Å². The number of piperidine rings is 1. The molecule has 0 radical (unpaired) electrons. The average Bonchev–Trinajstić information content (AvgIpc) is 2.28. The van der Waals surface area contributed by atoms with Crippen LogP contribution in [0.25, 0.3) is 0 Å². The van der Waals surface area contributed by atoms with Gasteiger partial charge >= 0.3 is 5.97 Å². The Balaban J connectivity index is 2.49. The van der Waals surface area contributed by atoms with E-state index in [-0.39, 0.29) is 18.6 Å². The third-order valence-electron chi connectivity index (χ3n) is 3.78. The van der Waals surface area contributed by atoms with Crippen LogP contribution in [0.3, 0.4) is 0 Å². The fourth-order valence-electron chi connectivity index (χ4n) is 2.41. The summed E-state index contributed by atoms with van der Waals surface area (Å²) >= 11 is 0. The lowest BCUT2D eigenvalue weighted by molar-refractivity contribution is -0.143. The van der Waals surface area contributed by atoms with E-state index in [1.807, 2.05) is 6.92 Å². The number of carbonyl (C=O) groups is 1. The minimum absolute atomic E-state index is 0.0824. The fourth-order valence-corrected chi connectivity index (χ4v) is 2.41. The van der Waals surface area contributed by atoms with Crippen molar-refractivity contribution >= 4 is 5.97 Å². The molecule has 0 amide bonds. The molecule has 4 heteroatoms. The highest BCUT2D eigenvalue weighted by Crippen LogP contribution is 2.23. The van der Waals surface area contributed by atoms with E-state index in [1.165, 1.54) is 0 Å². The van der Waals surface area contributed by atoms with Gasteiger partial charge in [-0.15, -0.1) is 0 Å². The van der Waals surface area contributed by atoms with Crippen molar-refractivity contribution in [2.75, 3.05) is 19.7 Å². The van der Waals surface area contributed by atoms with Gasteiger partial charge in [0, 0.05) is 19.2 Å². The van der Waals surface area contributed by atoms with Gasteiger partial charge in [0.2, 0.25) is 0 Å². The van der Waals surface area contributed by atoms with Gasteiger partial charge in [-0.25, -0.2) is 0 Å². The van der Waals surface area contributed by atoms with Crippen molar-refractivity contribution in [2.24, 2.45) is 11.8 Å². The van der Waals surface area contributed by atoms with Crippen molar-refractivity contribution in [1.29, 1.82) is 0 Å². The van der Waals surface area contributed by atoms with E-state index in [2.05, 4.69) is 4.90 Å². The number of aliphatic carboxylic acids is 1. The van der Waals surface area contributed by atoms with Crippen LogP contribution in [0.1, 0.15) is 33.1 Å². The molecule has 94 valence electrons. The molecule has 3 unspecified atom stereocenters. The van der Waals surface area contributed by atoms with Gasteiger partial charge in [-0.1, -0.05) is 6.92 Å². The molecule has 0 saturated carbocycles. The van der Waals surface area contributed by atoms with Gasteiger partial charge < -0.3 is 10.2 Å².